The molecule has 1 saturated heterocycles. The number of benzene rings is 1. The SMILES string of the molecule is Cc1ccc(S(=O)(=O)OCCc2nc(C3CCOCC3)oc2C)cc1. The number of aryl methyl sites for hydroxylation is 2. The predicted octanol–water partition coefficient (Wildman–Crippen LogP) is 3.13. The van der Waals surface area contributed by atoms with Crippen molar-refractivity contribution in [3.05, 3.63) is 47.2 Å². The lowest BCUT2D eigenvalue weighted by molar-refractivity contribution is 0.0792. The fourth-order valence-corrected chi connectivity index (χ4v) is 3.73. The van der Waals surface area contributed by atoms with Gasteiger partial charge in [0.1, 0.15) is 5.76 Å². The first-order chi connectivity index (χ1) is 12.0. The quantitative estimate of drug-likeness (QED) is 0.732. The van der Waals surface area contributed by atoms with Gasteiger partial charge in [0, 0.05) is 25.6 Å². The maximum Gasteiger partial charge on any atom is 0.296 e. The summed E-state index contributed by atoms with van der Waals surface area (Å²) in [6.07, 6.45) is 2.19. The second kappa shape index (κ2) is 7.68. The van der Waals surface area contributed by atoms with Crippen LogP contribution in [0.2, 0.25) is 0 Å². The summed E-state index contributed by atoms with van der Waals surface area (Å²) in [5, 5.41) is 0. The molecular weight excluding hydrogens is 342 g/mol. The molecule has 7 heteroatoms. The number of hydrogen-bond donors (Lipinski definition) is 0. The van der Waals surface area contributed by atoms with Crippen LogP contribution in [0.15, 0.2) is 33.6 Å². The number of oxazole rings is 1. The van der Waals surface area contributed by atoms with E-state index in [0.717, 1.165) is 49.0 Å². The second-order valence-electron chi connectivity index (χ2n) is 6.28. The van der Waals surface area contributed by atoms with E-state index in [9.17, 15) is 8.42 Å². The van der Waals surface area contributed by atoms with Crippen molar-refractivity contribution in [1.82, 2.24) is 4.98 Å². The number of nitrogens with zero attached hydrogens (tertiary/aromatic N) is 1. The van der Waals surface area contributed by atoms with Crippen molar-refractivity contribution in [2.45, 2.75) is 43.9 Å². The molecule has 25 heavy (non-hydrogen) atoms. The van der Waals surface area contributed by atoms with Crippen LogP contribution < -0.4 is 0 Å². The molecule has 0 bridgehead atoms. The molecule has 1 aromatic heterocycles. The monoisotopic (exact) mass is 365 g/mol. The summed E-state index contributed by atoms with van der Waals surface area (Å²) in [6.45, 7) is 5.23. The maximum atomic E-state index is 12.2. The highest BCUT2D eigenvalue weighted by atomic mass is 32.2. The predicted molar refractivity (Wildman–Crippen MR) is 92.1 cm³/mol. The summed E-state index contributed by atoms with van der Waals surface area (Å²) < 4.78 is 40.6. The molecule has 0 unspecified atom stereocenters. The largest absolute Gasteiger partial charge is 0.445 e. The Bertz CT molecular complexity index is 804. The van der Waals surface area contributed by atoms with Crippen molar-refractivity contribution in [2.75, 3.05) is 19.8 Å². The van der Waals surface area contributed by atoms with E-state index in [4.69, 9.17) is 13.3 Å². The number of ether oxygens (including phenoxy) is 1. The van der Waals surface area contributed by atoms with Crippen LogP contribution >= 0.6 is 0 Å². The fraction of sp³-hybridized carbons (Fsp3) is 0.500. The third-order valence-electron chi connectivity index (χ3n) is 4.37. The minimum Gasteiger partial charge on any atom is -0.445 e. The molecule has 6 nitrogen and oxygen atoms in total. The zero-order valence-corrected chi connectivity index (χ0v) is 15.3. The van der Waals surface area contributed by atoms with E-state index in [-0.39, 0.29) is 17.4 Å². The molecule has 0 saturated carbocycles. The Morgan fingerprint density at radius 1 is 1.16 bits per heavy atom. The lowest BCUT2D eigenvalue weighted by atomic mass is 10.0. The molecule has 136 valence electrons. The third kappa shape index (κ3) is 4.48. The van der Waals surface area contributed by atoms with Gasteiger partial charge >= 0.3 is 0 Å². The Labute approximate surface area is 148 Å². The molecule has 0 N–H and O–H groups in total. The molecule has 2 heterocycles. The van der Waals surface area contributed by atoms with Crippen molar-refractivity contribution in [3.8, 4) is 0 Å². The van der Waals surface area contributed by atoms with Crippen LogP contribution in [-0.4, -0.2) is 33.2 Å². The van der Waals surface area contributed by atoms with Gasteiger partial charge in [0.15, 0.2) is 5.89 Å². The van der Waals surface area contributed by atoms with Crippen molar-refractivity contribution >= 4 is 10.1 Å². The van der Waals surface area contributed by atoms with Crippen LogP contribution in [0.4, 0.5) is 0 Å². The summed E-state index contributed by atoms with van der Waals surface area (Å²) in [5.74, 6) is 1.72. The van der Waals surface area contributed by atoms with Gasteiger partial charge in [0.05, 0.1) is 17.2 Å². The molecule has 1 aromatic carbocycles. The lowest BCUT2D eigenvalue weighted by Crippen LogP contribution is -2.14. The fourth-order valence-electron chi connectivity index (χ4n) is 2.82. The standard InChI is InChI=1S/C18H23NO5S/c1-13-3-5-16(6-4-13)25(20,21)23-12-9-17-14(2)24-18(19-17)15-7-10-22-11-8-15/h3-6,15H,7-12H2,1-2H3. The summed E-state index contributed by atoms with van der Waals surface area (Å²) in [6, 6.07) is 6.60. The minimum atomic E-state index is -3.75. The topological polar surface area (TPSA) is 78.6 Å². The van der Waals surface area contributed by atoms with Crippen LogP contribution in [0, 0.1) is 13.8 Å². The van der Waals surface area contributed by atoms with E-state index in [1.165, 1.54) is 0 Å². The minimum absolute atomic E-state index is 0.0385. The molecule has 1 aliphatic rings. The van der Waals surface area contributed by atoms with Crippen molar-refractivity contribution < 1.29 is 21.8 Å². The zero-order valence-electron chi connectivity index (χ0n) is 14.5. The van der Waals surface area contributed by atoms with E-state index in [1.807, 2.05) is 13.8 Å². The summed E-state index contributed by atoms with van der Waals surface area (Å²) in [7, 11) is -3.75. The molecule has 1 fully saturated rings. The number of aromatic nitrogens is 1. The number of rotatable bonds is 6. The zero-order chi connectivity index (χ0) is 17.9. The second-order valence-corrected chi connectivity index (χ2v) is 7.90. The first kappa shape index (κ1) is 18.1. The average molecular weight is 365 g/mol. The van der Waals surface area contributed by atoms with Crippen LogP contribution in [0.3, 0.4) is 0 Å². The van der Waals surface area contributed by atoms with Crippen LogP contribution in [-0.2, 0) is 25.5 Å². The molecule has 3 rings (SSSR count). The highest BCUT2D eigenvalue weighted by molar-refractivity contribution is 7.86. The summed E-state index contributed by atoms with van der Waals surface area (Å²) >= 11 is 0. The van der Waals surface area contributed by atoms with Gasteiger partial charge in [-0.1, -0.05) is 17.7 Å². The van der Waals surface area contributed by atoms with Gasteiger partial charge in [-0.15, -0.1) is 0 Å². The summed E-state index contributed by atoms with van der Waals surface area (Å²) in [4.78, 5) is 4.71. The Hall–Kier alpha value is -1.70. The Morgan fingerprint density at radius 3 is 2.52 bits per heavy atom. The van der Waals surface area contributed by atoms with E-state index < -0.39 is 10.1 Å². The van der Waals surface area contributed by atoms with Gasteiger partial charge in [0.25, 0.3) is 10.1 Å². The first-order valence-corrected chi connectivity index (χ1v) is 9.86. The van der Waals surface area contributed by atoms with Gasteiger partial charge in [-0.05, 0) is 38.8 Å². The third-order valence-corrected chi connectivity index (χ3v) is 5.69. The number of hydrogen-bond acceptors (Lipinski definition) is 6. The summed E-state index contributed by atoms with van der Waals surface area (Å²) in [5.41, 5.74) is 1.75. The Kier molecular flexibility index (Phi) is 5.56. The molecule has 0 amide bonds. The van der Waals surface area contributed by atoms with Gasteiger partial charge in [-0.2, -0.15) is 8.42 Å². The molecule has 0 spiro atoms. The average Bonchev–Trinajstić information content (AvgIpc) is 2.97. The molecule has 0 aliphatic carbocycles. The van der Waals surface area contributed by atoms with Crippen molar-refractivity contribution in [2.24, 2.45) is 0 Å². The molecule has 2 aromatic rings. The van der Waals surface area contributed by atoms with E-state index in [0.29, 0.717) is 6.42 Å². The van der Waals surface area contributed by atoms with Crippen molar-refractivity contribution in [1.29, 1.82) is 0 Å². The Morgan fingerprint density at radius 2 is 1.84 bits per heavy atom. The van der Waals surface area contributed by atoms with Crippen LogP contribution in [0.25, 0.3) is 0 Å². The molecule has 0 atom stereocenters. The molecular formula is C18H23NO5S. The van der Waals surface area contributed by atoms with E-state index in [1.54, 1.807) is 24.3 Å². The smallest absolute Gasteiger partial charge is 0.296 e. The van der Waals surface area contributed by atoms with Gasteiger partial charge in [0.2, 0.25) is 0 Å². The van der Waals surface area contributed by atoms with Gasteiger partial charge in [-0.3, -0.25) is 4.18 Å². The highest BCUT2D eigenvalue weighted by Crippen LogP contribution is 2.28. The lowest BCUT2D eigenvalue weighted by Gasteiger charge is -2.18. The highest BCUT2D eigenvalue weighted by Gasteiger charge is 2.23. The molecule has 0 radical (unpaired) electrons. The molecule has 1 aliphatic heterocycles. The Balaban J connectivity index is 1.60. The van der Waals surface area contributed by atoms with Gasteiger partial charge < -0.3 is 9.15 Å². The maximum absolute atomic E-state index is 12.2. The van der Waals surface area contributed by atoms with Gasteiger partial charge in [-0.25, -0.2) is 4.98 Å². The van der Waals surface area contributed by atoms with Crippen LogP contribution in [0.5, 0.6) is 0 Å². The van der Waals surface area contributed by atoms with E-state index >= 15 is 0 Å². The van der Waals surface area contributed by atoms with Crippen LogP contribution in [0.1, 0.15) is 41.7 Å². The van der Waals surface area contributed by atoms with Crippen molar-refractivity contribution in [3.63, 3.8) is 0 Å². The van der Waals surface area contributed by atoms with E-state index in [2.05, 4.69) is 4.98 Å². The normalized spacial score (nSPS) is 16.2. The first-order valence-electron chi connectivity index (χ1n) is 8.46.